The molecule has 192 valence electrons. The van der Waals surface area contributed by atoms with Crippen molar-refractivity contribution >= 4 is 34.3 Å². The van der Waals surface area contributed by atoms with Crippen LogP contribution in [0.25, 0.3) is 28.0 Å². The van der Waals surface area contributed by atoms with E-state index in [9.17, 15) is 4.79 Å². The minimum atomic E-state index is -0.165. The van der Waals surface area contributed by atoms with Gasteiger partial charge in [0, 0.05) is 40.1 Å². The molecule has 2 aromatic heterocycles. The summed E-state index contributed by atoms with van der Waals surface area (Å²) in [6.07, 6.45) is 1.93. The highest BCUT2D eigenvalue weighted by atomic mass is 32.2. The predicted molar refractivity (Wildman–Crippen MR) is 147 cm³/mol. The number of nitrogens with zero attached hydrogens (tertiary/aromatic N) is 3. The Morgan fingerprint density at radius 3 is 2.71 bits per heavy atom. The van der Waals surface area contributed by atoms with Crippen molar-refractivity contribution in [2.75, 3.05) is 30.9 Å². The van der Waals surface area contributed by atoms with Crippen LogP contribution in [-0.4, -0.2) is 51.2 Å². The average molecular weight is 528 g/mol. The molecule has 0 bridgehead atoms. The number of anilines is 1. The molecule has 0 spiro atoms. The molecule has 1 amide bonds. The van der Waals surface area contributed by atoms with E-state index in [2.05, 4.69) is 20.5 Å². The van der Waals surface area contributed by atoms with Crippen LogP contribution in [0, 0.1) is 0 Å². The molecule has 0 atom stereocenters. The summed E-state index contributed by atoms with van der Waals surface area (Å²) in [5.41, 5.74) is 3.45. The first-order chi connectivity index (χ1) is 18.7. The van der Waals surface area contributed by atoms with Crippen molar-refractivity contribution in [3.05, 3.63) is 72.9 Å². The molecule has 0 fully saturated rings. The van der Waals surface area contributed by atoms with E-state index in [1.54, 1.807) is 18.2 Å². The van der Waals surface area contributed by atoms with Crippen LogP contribution in [0.2, 0.25) is 0 Å². The Morgan fingerprint density at radius 2 is 1.87 bits per heavy atom. The van der Waals surface area contributed by atoms with E-state index in [4.69, 9.17) is 14.2 Å². The lowest BCUT2D eigenvalue weighted by Crippen LogP contribution is -2.17. The van der Waals surface area contributed by atoms with E-state index < -0.39 is 0 Å². The van der Waals surface area contributed by atoms with Gasteiger partial charge in [0.25, 0.3) is 0 Å². The third kappa shape index (κ3) is 4.78. The van der Waals surface area contributed by atoms with Gasteiger partial charge in [-0.2, -0.15) is 0 Å². The third-order valence-electron chi connectivity index (χ3n) is 6.03. The van der Waals surface area contributed by atoms with Gasteiger partial charge in [-0.1, -0.05) is 30.0 Å². The van der Waals surface area contributed by atoms with Crippen molar-refractivity contribution in [3.8, 4) is 34.3 Å². The largest absolute Gasteiger partial charge is 0.494 e. The monoisotopic (exact) mass is 527 g/mol. The van der Waals surface area contributed by atoms with Gasteiger partial charge in [-0.15, -0.1) is 10.2 Å². The van der Waals surface area contributed by atoms with Gasteiger partial charge in [-0.3, -0.25) is 9.36 Å². The second kappa shape index (κ2) is 10.5. The maximum Gasteiger partial charge on any atom is 0.234 e. The highest BCUT2D eigenvalue weighted by Crippen LogP contribution is 2.34. The maximum atomic E-state index is 12.8. The molecule has 1 aliphatic rings. The smallest absolute Gasteiger partial charge is 0.234 e. The summed E-state index contributed by atoms with van der Waals surface area (Å²) in [5, 5.41) is 13.6. The summed E-state index contributed by atoms with van der Waals surface area (Å²) < 4.78 is 18.8. The summed E-state index contributed by atoms with van der Waals surface area (Å²) in [4.78, 5) is 16.2. The number of benzene rings is 3. The number of thioether (sulfide) groups is 1. The Hall–Kier alpha value is -4.44. The zero-order valence-electron chi connectivity index (χ0n) is 20.6. The van der Waals surface area contributed by atoms with Crippen LogP contribution in [0.5, 0.6) is 17.2 Å². The second-order valence-electron chi connectivity index (χ2n) is 8.51. The number of aromatic nitrogens is 4. The Labute approximate surface area is 223 Å². The Bertz CT molecular complexity index is 1590. The minimum Gasteiger partial charge on any atom is -0.494 e. The lowest BCUT2D eigenvalue weighted by molar-refractivity contribution is -0.113. The SMILES string of the molecule is CCOc1ccc(-n2c(SCC(=O)Nc3ccc4c(c3)OCCO4)nnc2-c2c[nH]c3ccccc23)cc1. The fourth-order valence-corrected chi connectivity index (χ4v) is 5.09. The minimum absolute atomic E-state index is 0.150. The van der Waals surface area contributed by atoms with E-state index in [1.165, 1.54) is 11.8 Å². The number of nitrogens with one attached hydrogen (secondary N) is 2. The number of hydrogen-bond acceptors (Lipinski definition) is 7. The Kier molecular flexibility index (Phi) is 6.62. The van der Waals surface area contributed by atoms with E-state index in [1.807, 2.05) is 66.2 Å². The van der Waals surface area contributed by atoms with Crippen LogP contribution in [-0.2, 0) is 4.79 Å². The van der Waals surface area contributed by atoms with Crippen molar-refractivity contribution in [3.63, 3.8) is 0 Å². The lowest BCUT2D eigenvalue weighted by atomic mass is 10.1. The van der Waals surface area contributed by atoms with E-state index >= 15 is 0 Å². The van der Waals surface area contributed by atoms with Gasteiger partial charge in [0.05, 0.1) is 12.4 Å². The van der Waals surface area contributed by atoms with Crippen LogP contribution in [0.3, 0.4) is 0 Å². The first-order valence-electron chi connectivity index (χ1n) is 12.3. The molecule has 10 heteroatoms. The lowest BCUT2D eigenvalue weighted by Gasteiger charge is -2.19. The predicted octanol–water partition coefficient (Wildman–Crippen LogP) is 5.32. The summed E-state index contributed by atoms with van der Waals surface area (Å²) >= 11 is 1.32. The normalized spacial score (nSPS) is 12.4. The van der Waals surface area contributed by atoms with Gasteiger partial charge >= 0.3 is 0 Å². The Balaban J connectivity index is 1.27. The van der Waals surface area contributed by atoms with Gasteiger partial charge < -0.3 is 24.5 Å². The summed E-state index contributed by atoms with van der Waals surface area (Å²) in [5.74, 6) is 2.75. The molecule has 0 saturated heterocycles. The van der Waals surface area contributed by atoms with Crippen molar-refractivity contribution in [2.45, 2.75) is 12.1 Å². The third-order valence-corrected chi connectivity index (χ3v) is 6.96. The van der Waals surface area contributed by atoms with Crippen LogP contribution in [0.1, 0.15) is 6.92 Å². The van der Waals surface area contributed by atoms with E-state index in [-0.39, 0.29) is 11.7 Å². The zero-order valence-corrected chi connectivity index (χ0v) is 21.5. The maximum absolute atomic E-state index is 12.8. The molecule has 0 unspecified atom stereocenters. The highest BCUT2D eigenvalue weighted by Gasteiger charge is 2.20. The van der Waals surface area contributed by atoms with Crippen molar-refractivity contribution in [2.24, 2.45) is 0 Å². The fraction of sp³-hybridized carbons (Fsp3) is 0.179. The number of rotatable bonds is 8. The molecule has 3 heterocycles. The molecule has 0 saturated carbocycles. The summed E-state index contributed by atoms with van der Waals surface area (Å²) in [7, 11) is 0. The number of para-hydroxylation sites is 1. The number of carbonyl (C=O) groups excluding carboxylic acids is 1. The van der Waals surface area contributed by atoms with E-state index in [0.717, 1.165) is 27.9 Å². The Morgan fingerprint density at radius 1 is 1.05 bits per heavy atom. The molecule has 38 heavy (non-hydrogen) atoms. The molecule has 6 rings (SSSR count). The average Bonchev–Trinajstić information content (AvgIpc) is 3.56. The van der Waals surface area contributed by atoms with Crippen LogP contribution >= 0.6 is 11.8 Å². The number of ether oxygens (including phenoxy) is 3. The highest BCUT2D eigenvalue weighted by molar-refractivity contribution is 7.99. The molecule has 1 aliphatic heterocycles. The molecule has 3 aromatic carbocycles. The van der Waals surface area contributed by atoms with Gasteiger partial charge in [0.2, 0.25) is 5.91 Å². The van der Waals surface area contributed by atoms with Gasteiger partial charge in [-0.25, -0.2) is 0 Å². The number of hydrogen-bond donors (Lipinski definition) is 2. The number of carbonyl (C=O) groups is 1. The summed E-state index contributed by atoms with van der Waals surface area (Å²) in [6, 6.07) is 21.2. The fourth-order valence-electron chi connectivity index (χ4n) is 4.33. The van der Waals surface area contributed by atoms with Crippen LogP contribution in [0.4, 0.5) is 5.69 Å². The first kappa shape index (κ1) is 23.9. The van der Waals surface area contributed by atoms with Crippen molar-refractivity contribution in [1.82, 2.24) is 19.7 Å². The first-order valence-corrected chi connectivity index (χ1v) is 13.3. The molecule has 9 nitrogen and oxygen atoms in total. The van der Waals surface area contributed by atoms with Gasteiger partial charge in [0.1, 0.15) is 19.0 Å². The molecular weight excluding hydrogens is 502 g/mol. The number of H-pyrrole nitrogens is 1. The van der Waals surface area contributed by atoms with E-state index in [0.29, 0.717) is 48.0 Å². The van der Waals surface area contributed by atoms with Gasteiger partial charge in [0.15, 0.2) is 22.5 Å². The molecule has 5 aromatic rings. The quantitative estimate of drug-likeness (QED) is 0.263. The zero-order chi connectivity index (χ0) is 25.9. The molecule has 2 N–H and O–H groups in total. The van der Waals surface area contributed by atoms with Crippen LogP contribution in [0.15, 0.2) is 78.1 Å². The molecule has 0 aliphatic carbocycles. The van der Waals surface area contributed by atoms with Crippen molar-refractivity contribution in [1.29, 1.82) is 0 Å². The molecular formula is C28H25N5O4S. The number of aromatic amines is 1. The second-order valence-corrected chi connectivity index (χ2v) is 9.45. The topological polar surface area (TPSA) is 103 Å². The molecule has 0 radical (unpaired) electrons. The van der Waals surface area contributed by atoms with Gasteiger partial charge in [-0.05, 0) is 49.4 Å². The number of amides is 1. The van der Waals surface area contributed by atoms with Crippen molar-refractivity contribution < 1.29 is 19.0 Å². The standard InChI is InChI=1S/C28H25N5O4S/c1-2-35-20-10-8-19(9-11-20)33-27(22-16-29-23-6-4-3-5-21(22)23)31-32-28(33)38-17-26(34)30-18-7-12-24-25(15-18)37-14-13-36-24/h3-12,15-16,29H,2,13-14,17H2,1H3,(H,30,34). The van der Waals surface area contributed by atoms with Crippen LogP contribution < -0.4 is 19.5 Å². The summed E-state index contributed by atoms with van der Waals surface area (Å²) in [6.45, 7) is 3.55. The number of fused-ring (bicyclic) bond motifs is 2.